The number of rotatable bonds is 5. The number of fused-ring (bicyclic) bond motifs is 1. The molecule has 0 bridgehead atoms. The predicted molar refractivity (Wildman–Crippen MR) is 105 cm³/mol. The Bertz CT molecular complexity index is 970. The number of hydrogen-bond acceptors (Lipinski definition) is 6. The molecule has 1 aliphatic heterocycles. The third-order valence-electron chi connectivity index (χ3n) is 4.04. The van der Waals surface area contributed by atoms with E-state index < -0.39 is 23.2 Å². The quantitative estimate of drug-likeness (QED) is 0.754. The molecule has 0 aliphatic carbocycles. The molecular weight excluding hydrogens is 378 g/mol. The number of ether oxygens (including phenoxy) is 1. The Morgan fingerprint density at radius 3 is 2.75 bits per heavy atom. The van der Waals surface area contributed by atoms with E-state index >= 15 is 0 Å². The van der Waals surface area contributed by atoms with Gasteiger partial charge in [-0.2, -0.15) is 5.26 Å². The highest BCUT2D eigenvalue weighted by Crippen LogP contribution is 2.36. The van der Waals surface area contributed by atoms with Crippen molar-refractivity contribution in [2.24, 2.45) is 0 Å². The molecule has 3 rings (SSSR count). The van der Waals surface area contributed by atoms with Crippen LogP contribution in [0, 0.1) is 11.3 Å². The number of benzene rings is 2. The van der Waals surface area contributed by atoms with Crippen LogP contribution in [0.3, 0.4) is 0 Å². The minimum atomic E-state index is -1.07. The Labute approximate surface area is 166 Å². The van der Waals surface area contributed by atoms with Gasteiger partial charge in [0.2, 0.25) is 5.91 Å². The van der Waals surface area contributed by atoms with Crippen LogP contribution in [0.5, 0.6) is 0 Å². The molecule has 0 saturated carbocycles. The number of carbonyl (C=O) groups excluding carboxylic acids is 3. The first kappa shape index (κ1) is 19.5. The molecule has 0 unspecified atom stereocenters. The van der Waals surface area contributed by atoms with Gasteiger partial charge in [-0.15, -0.1) is 11.8 Å². The van der Waals surface area contributed by atoms with Crippen LogP contribution in [0.4, 0.5) is 11.4 Å². The normalized spacial score (nSPS) is 16.1. The summed E-state index contributed by atoms with van der Waals surface area (Å²) in [6.07, 6.45) is -1.22. The van der Waals surface area contributed by atoms with Gasteiger partial charge in [0.25, 0.3) is 5.91 Å². The minimum absolute atomic E-state index is 0.156. The van der Waals surface area contributed by atoms with Gasteiger partial charge in [0.1, 0.15) is 6.07 Å². The van der Waals surface area contributed by atoms with Crippen molar-refractivity contribution < 1.29 is 19.1 Å². The Morgan fingerprint density at radius 2 is 1.96 bits per heavy atom. The summed E-state index contributed by atoms with van der Waals surface area (Å²) in [4.78, 5) is 37.5. The number of para-hydroxylation sites is 2. The summed E-state index contributed by atoms with van der Waals surface area (Å²) in [6.45, 7) is 1.44. The monoisotopic (exact) mass is 395 g/mol. The predicted octanol–water partition coefficient (Wildman–Crippen LogP) is 2.93. The summed E-state index contributed by atoms with van der Waals surface area (Å²) >= 11 is 1.29. The van der Waals surface area contributed by atoms with Gasteiger partial charge < -0.3 is 15.4 Å². The summed E-state index contributed by atoms with van der Waals surface area (Å²) in [5.74, 6) is -1.48. The molecule has 0 radical (unpaired) electrons. The maximum atomic E-state index is 12.3. The number of nitrogens with zero attached hydrogens (tertiary/aromatic N) is 1. The number of nitrogens with one attached hydrogen (secondary N) is 2. The van der Waals surface area contributed by atoms with Crippen LogP contribution in [0.15, 0.2) is 53.4 Å². The molecule has 28 heavy (non-hydrogen) atoms. The van der Waals surface area contributed by atoms with Crippen molar-refractivity contribution in [2.45, 2.75) is 29.6 Å². The largest absolute Gasteiger partial charge is 0.452 e. The number of thioether (sulfide) groups is 1. The van der Waals surface area contributed by atoms with Crippen LogP contribution in [0.2, 0.25) is 0 Å². The molecule has 2 atom stereocenters. The van der Waals surface area contributed by atoms with Gasteiger partial charge in [0.15, 0.2) is 6.10 Å². The molecule has 2 amide bonds. The number of amides is 2. The Hall–Kier alpha value is -3.31. The van der Waals surface area contributed by atoms with E-state index in [0.29, 0.717) is 16.9 Å². The van der Waals surface area contributed by atoms with E-state index in [1.807, 2.05) is 24.3 Å². The molecule has 0 aromatic heterocycles. The van der Waals surface area contributed by atoms with E-state index in [0.717, 1.165) is 4.90 Å². The molecule has 7 nitrogen and oxygen atoms in total. The second kappa shape index (κ2) is 8.59. The molecule has 0 fully saturated rings. The van der Waals surface area contributed by atoms with Crippen molar-refractivity contribution in [3.8, 4) is 6.07 Å². The number of nitriles is 1. The minimum Gasteiger partial charge on any atom is -0.452 e. The second-order valence-corrected chi connectivity index (χ2v) is 7.32. The van der Waals surface area contributed by atoms with Gasteiger partial charge in [-0.25, -0.2) is 0 Å². The summed E-state index contributed by atoms with van der Waals surface area (Å²) < 4.78 is 5.17. The smallest absolute Gasteiger partial charge is 0.308 e. The lowest BCUT2D eigenvalue weighted by molar-refractivity contribution is -0.153. The van der Waals surface area contributed by atoms with Crippen molar-refractivity contribution in [2.75, 3.05) is 10.6 Å². The van der Waals surface area contributed by atoms with Crippen molar-refractivity contribution in [3.05, 3.63) is 54.1 Å². The highest BCUT2D eigenvalue weighted by atomic mass is 32.2. The molecular formula is C20H17N3O4S. The fourth-order valence-corrected chi connectivity index (χ4v) is 3.70. The molecule has 2 aromatic rings. The molecule has 142 valence electrons. The number of hydrogen-bond donors (Lipinski definition) is 2. The lowest BCUT2D eigenvalue weighted by atomic mass is 10.2. The van der Waals surface area contributed by atoms with E-state index in [1.54, 1.807) is 30.3 Å². The molecule has 2 aromatic carbocycles. The Balaban J connectivity index is 1.56. The third kappa shape index (κ3) is 4.50. The molecule has 1 heterocycles. The number of anilines is 2. The van der Waals surface area contributed by atoms with Gasteiger partial charge in [-0.05, 0) is 31.2 Å². The standard InChI is InChI=1S/C20H17N3O4S/c1-12(19(25)22-14-7-3-2-6-13(14)11-21)27-18(24)10-17-20(26)23-15-8-4-5-9-16(15)28-17/h2-9,12,17H,10H2,1H3,(H,22,25)(H,23,26)/t12-,17-/m0/s1. The van der Waals surface area contributed by atoms with Crippen molar-refractivity contribution in [3.63, 3.8) is 0 Å². The van der Waals surface area contributed by atoms with Gasteiger partial charge in [-0.1, -0.05) is 24.3 Å². The van der Waals surface area contributed by atoms with Crippen LogP contribution in [-0.2, 0) is 19.1 Å². The van der Waals surface area contributed by atoms with Crippen molar-refractivity contribution in [1.29, 1.82) is 5.26 Å². The lowest BCUT2D eigenvalue weighted by Gasteiger charge is -2.23. The lowest BCUT2D eigenvalue weighted by Crippen LogP contribution is -2.34. The highest BCUT2D eigenvalue weighted by Gasteiger charge is 2.30. The van der Waals surface area contributed by atoms with Crippen molar-refractivity contribution >= 4 is 40.9 Å². The summed E-state index contributed by atoms with van der Waals surface area (Å²) in [7, 11) is 0. The zero-order valence-electron chi connectivity index (χ0n) is 15.0. The molecule has 1 aliphatic rings. The van der Waals surface area contributed by atoms with Gasteiger partial charge in [0.05, 0.1) is 28.6 Å². The SMILES string of the molecule is C[C@H](OC(=O)C[C@@H]1Sc2ccccc2NC1=O)C(=O)Nc1ccccc1C#N. The third-order valence-corrected chi connectivity index (χ3v) is 5.32. The van der Waals surface area contributed by atoms with E-state index in [-0.39, 0.29) is 12.3 Å². The van der Waals surface area contributed by atoms with Crippen LogP contribution >= 0.6 is 11.8 Å². The Kier molecular flexibility index (Phi) is 5.96. The number of carbonyl (C=O) groups is 3. The van der Waals surface area contributed by atoms with Crippen molar-refractivity contribution in [1.82, 2.24) is 0 Å². The van der Waals surface area contributed by atoms with E-state index in [4.69, 9.17) is 10.00 Å². The van der Waals surface area contributed by atoms with E-state index in [1.165, 1.54) is 18.7 Å². The first-order valence-electron chi connectivity index (χ1n) is 8.54. The zero-order valence-corrected chi connectivity index (χ0v) is 15.8. The van der Waals surface area contributed by atoms with Gasteiger partial charge in [-0.3, -0.25) is 14.4 Å². The number of esters is 1. The highest BCUT2D eigenvalue weighted by molar-refractivity contribution is 8.01. The van der Waals surface area contributed by atoms with Gasteiger partial charge in [0, 0.05) is 4.90 Å². The maximum Gasteiger partial charge on any atom is 0.308 e. The van der Waals surface area contributed by atoms with Crippen LogP contribution < -0.4 is 10.6 Å². The second-order valence-electron chi connectivity index (χ2n) is 6.07. The van der Waals surface area contributed by atoms with E-state index in [2.05, 4.69) is 10.6 Å². The van der Waals surface area contributed by atoms with Crippen LogP contribution in [0.25, 0.3) is 0 Å². The molecule has 2 N–H and O–H groups in total. The fourth-order valence-electron chi connectivity index (χ4n) is 2.60. The summed E-state index contributed by atoms with van der Waals surface area (Å²) in [6, 6.07) is 15.8. The summed E-state index contributed by atoms with van der Waals surface area (Å²) in [5, 5.41) is 13.8. The molecule has 0 saturated heterocycles. The van der Waals surface area contributed by atoms with Crippen LogP contribution in [-0.4, -0.2) is 29.1 Å². The summed E-state index contributed by atoms with van der Waals surface area (Å²) in [5.41, 5.74) is 1.37. The molecule has 8 heteroatoms. The molecule has 0 spiro atoms. The first-order valence-corrected chi connectivity index (χ1v) is 9.42. The average Bonchev–Trinajstić information content (AvgIpc) is 2.68. The zero-order chi connectivity index (χ0) is 20.1. The maximum absolute atomic E-state index is 12.3. The van der Waals surface area contributed by atoms with E-state index in [9.17, 15) is 14.4 Å². The fraction of sp³-hybridized carbons (Fsp3) is 0.200. The Morgan fingerprint density at radius 1 is 1.25 bits per heavy atom. The van der Waals surface area contributed by atoms with Gasteiger partial charge >= 0.3 is 5.97 Å². The average molecular weight is 395 g/mol. The topological polar surface area (TPSA) is 108 Å². The van der Waals surface area contributed by atoms with Crippen LogP contribution in [0.1, 0.15) is 18.9 Å². The first-order chi connectivity index (χ1) is 13.5.